The van der Waals surface area contributed by atoms with Crippen molar-refractivity contribution < 1.29 is 29.1 Å². The van der Waals surface area contributed by atoms with Crippen molar-refractivity contribution in [2.75, 3.05) is 13.2 Å². The first kappa shape index (κ1) is 22.1. The monoisotopic (exact) mass is 366 g/mol. The highest BCUT2D eigenvalue weighted by Gasteiger charge is 2.26. The van der Waals surface area contributed by atoms with Crippen molar-refractivity contribution in [1.82, 2.24) is 0 Å². The molecule has 6 nitrogen and oxygen atoms in total. The maximum atomic E-state index is 12.6. The highest BCUT2D eigenvalue weighted by Crippen LogP contribution is 2.23. The fourth-order valence-corrected chi connectivity index (χ4v) is 2.51. The molecule has 0 aliphatic heterocycles. The Morgan fingerprint density at radius 1 is 0.808 bits per heavy atom. The van der Waals surface area contributed by atoms with Crippen molar-refractivity contribution in [1.29, 1.82) is 0 Å². The Morgan fingerprint density at radius 3 is 1.88 bits per heavy atom. The minimum atomic E-state index is -0.709. The van der Waals surface area contributed by atoms with Crippen LogP contribution in [0.1, 0.15) is 85.2 Å². The van der Waals surface area contributed by atoms with Gasteiger partial charge in [0.2, 0.25) is 0 Å². The van der Waals surface area contributed by atoms with Gasteiger partial charge in [-0.15, -0.1) is 0 Å². The van der Waals surface area contributed by atoms with Crippen molar-refractivity contribution in [3.8, 4) is 0 Å². The summed E-state index contributed by atoms with van der Waals surface area (Å²) in [5.74, 6) is -1.40. The number of rotatable bonds is 12. The molecule has 1 aromatic carbocycles. The van der Waals surface area contributed by atoms with Gasteiger partial charge in [0.1, 0.15) is 0 Å². The highest BCUT2D eigenvalue weighted by molar-refractivity contribution is 6.04. The smallest absolute Gasteiger partial charge is 0.293 e. The molecule has 0 saturated heterocycles. The van der Waals surface area contributed by atoms with Crippen LogP contribution in [-0.4, -0.2) is 25.2 Å². The molecule has 0 spiro atoms. The summed E-state index contributed by atoms with van der Waals surface area (Å²) in [6, 6.07) is 3.41. The average molecular weight is 366 g/mol. The summed E-state index contributed by atoms with van der Waals surface area (Å²) in [4.78, 5) is 44.6. The first-order valence-corrected chi connectivity index (χ1v) is 9.42. The molecule has 0 radical (unpaired) electrons. The minimum Gasteiger partial charge on any atom is -0.293 e. The van der Waals surface area contributed by atoms with Gasteiger partial charge in [0.15, 0.2) is 0 Å². The van der Waals surface area contributed by atoms with Gasteiger partial charge in [-0.2, -0.15) is 9.78 Å². The molecule has 1 aromatic rings. The second-order valence-corrected chi connectivity index (χ2v) is 5.93. The van der Waals surface area contributed by atoms with E-state index >= 15 is 0 Å². The maximum absolute atomic E-state index is 12.6. The lowest BCUT2D eigenvalue weighted by molar-refractivity contribution is -0.243. The van der Waals surface area contributed by atoms with Gasteiger partial charge in [-0.25, -0.2) is 9.59 Å². The molecule has 146 valence electrons. The summed E-state index contributed by atoms with van der Waals surface area (Å²) in [6.45, 7) is 8.57. The zero-order valence-electron chi connectivity index (χ0n) is 16.3. The van der Waals surface area contributed by atoms with Crippen LogP contribution >= 0.6 is 0 Å². The van der Waals surface area contributed by atoms with E-state index in [9.17, 15) is 9.59 Å². The Kier molecular flexibility index (Phi) is 10.6. The second kappa shape index (κ2) is 12.4. The summed E-state index contributed by atoms with van der Waals surface area (Å²) in [6.07, 6.45) is 4.74. The fraction of sp³-hybridized carbons (Fsp3) is 0.600. The average Bonchev–Trinajstić information content (AvgIpc) is 2.66. The number of hydrogen-bond acceptors (Lipinski definition) is 6. The van der Waals surface area contributed by atoms with Gasteiger partial charge in [0.25, 0.3) is 0 Å². The van der Waals surface area contributed by atoms with E-state index in [2.05, 4.69) is 0 Å². The molecule has 0 aliphatic rings. The number of unbranched alkanes of at least 4 members (excludes halogenated alkanes) is 2. The van der Waals surface area contributed by atoms with Crippen molar-refractivity contribution in [3.63, 3.8) is 0 Å². The molecule has 0 saturated carbocycles. The van der Waals surface area contributed by atoms with Gasteiger partial charge in [-0.05, 0) is 42.9 Å². The predicted molar refractivity (Wildman–Crippen MR) is 97.7 cm³/mol. The molecule has 0 unspecified atom stereocenters. The zero-order chi connectivity index (χ0) is 19.4. The Bertz CT molecular complexity index is 582. The summed E-state index contributed by atoms with van der Waals surface area (Å²) in [5, 5.41) is 0. The van der Waals surface area contributed by atoms with E-state index in [0.29, 0.717) is 19.6 Å². The Balaban J connectivity index is 3.04. The van der Waals surface area contributed by atoms with Crippen LogP contribution in [0, 0.1) is 0 Å². The van der Waals surface area contributed by atoms with Crippen LogP contribution in [0.3, 0.4) is 0 Å². The summed E-state index contributed by atoms with van der Waals surface area (Å²) in [5.41, 5.74) is 2.06. The van der Waals surface area contributed by atoms with Gasteiger partial charge in [0.05, 0.1) is 24.3 Å². The molecule has 6 heteroatoms. The van der Waals surface area contributed by atoms with Gasteiger partial charge in [0, 0.05) is 0 Å². The second-order valence-electron chi connectivity index (χ2n) is 5.93. The van der Waals surface area contributed by atoms with E-state index in [4.69, 9.17) is 19.6 Å². The first-order chi connectivity index (χ1) is 12.6. The molecule has 1 rings (SSSR count). The quantitative estimate of drug-likeness (QED) is 0.306. The topological polar surface area (TPSA) is 71.1 Å². The number of benzene rings is 1. The van der Waals surface area contributed by atoms with Crippen LogP contribution in [0.15, 0.2) is 12.1 Å². The lowest BCUT2D eigenvalue weighted by Gasteiger charge is -2.15. The van der Waals surface area contributed by atoms with Gasteiger partial charge in [-0.3, -0.25) is 9.78 Å². The molecular weight excluding hydrogens is 336 g/mol. The van der Waals surface area contributed by atoms with E-state index in [1.54, 1.807) is 6.07 Å². The maximum Gasteiger partial charge on any atom is 0.374 e. The minimum absolute atomic E-state index is 0.125. The highest BCUT2D eigenvalue weighted by atomic mass is 17.2. The van der Waals surface area contributed by atoms with E-state index in [1.165, 1.54) is 0 Å². The summed E-state index contributed by atoms with van der Waals surface area (Å²) >= 11 is 0. The van der Waals surface area contributed by atoms with Crippen LogP contribution in [0.2, 0.25) is 0 Å². The molecule has 0 aliphatic carbocycles. The molecule has 0 bridgehead atoms. The Labute approximate surface area is 155 Å². The van der Waals surface area contributed by atoms with E-state index in [-0.39, 0.29) is 11.1 Å². The summed E-state index contributed by atoms with van der Waals surface area (Å²) in [7, 11) is 0. The van der Waals surface area contributed by atoms with Gasteiger partial charge < -0.3 is 0 Å². The Morgan fingerprint density at radius 2 is 1.38 bits per heavy atom. The molecule has 0 N–H and O–H groups in total. The Hall–Kier alpha value is -1.92. The molecule has 0 heterocycles. The molecule has 0 amide bonds. The normalized spacial score (nSPS) is 10.6. The van der Waals surface area contributed by atoms with Crippen LogP contribution in [0.5, 0.6) is 0 Å². The number of hydrogen-bond donors (Lipinski definition) is 0. The predicted octanol–water partition coefficient (Wildman–Crippen LogP) is 4.59. The lowest BCUT2D eigenvalue weighted by atomic mass is 9.93. The van der Waals surface area contributed by atoms with E-state index < -0.39 is 11.9 Å². The van der Waals surface area contributed by atoms with Crippen LogP contribution in [0.4, 0.5) is 0 Å². The third kappa shape index (κ3) is 6.42. The van der Waals surface area contributed by atoms with Crippen LogP contribution in [0.25, 0.3) is 0 Å². The van der Waals surface area contributed by atoms with Gasteiger partial charge >= 0.3 is 11.9 Å². The molecule has 0 aromatic heterocycles. The third-order valence-electron chi connectivity index (χ3n) is 4.00. The number of aryl methyl sites for hydroxylation is 1. The van der Waals surface area contributed by atoms with E-state index in [1.807, 2.05) is 33.8 Å². The molecular formula is C20H30O6. The SMILES string of the molecule is CCCCOOC(=O)c1ccc(CC)c(CC)c1C(=O)OOCCCC. The molecule has 26 heavy (non-hydrogen) atoms. The van der Waals surface area contributed by atoms with Crippen molar-refractivity contribution in [2.24, 2.45) is 0 Å². The van der Waals surface area contributed by atoms with Crippen molar-refractivity contribution >= 4 is 11.9 Å². The van der Waals surface area contributed by atoms with Gasteiger partial charge in [-0.1, -0.05) is 46.6 Å². The zero-order valence-corrected chi connectivity index (χ0v) is 16.3. The molecule has 0 fully saturated rings. The standard InChI is InChI=1S/C20H30O6/c1-5-9-13-23-25-19(21)17-12-11-15(7-3)16(8-4)18(17)20(22)26-24-14-10-6-2/h11-12H,5-10,13-14H2,1-4H3. The lowest BCUT2D eigenvalue weighted by Crippen LogP contribution is -2.18. The number of carbonyl (C=O) groups is 2. The molecule has 0 atom stereocenters. The third-order valence-corrected chi connectivity index (χ3v) is 4.00. The van der Waals surface area contributed by atoms with E-state index in [0.717, 1.165) is 43.2 Å². The largest absolute Gasteiger partial charge is 0.374 e. The fourth-order valence-electron chi connectivity index (χ4n) is 2.51. The first-order valence-electron chi connectivity index (χ1n) is 9.42. The van der Waals surface area contributed by atoms with Crippen LogP contribution < -0.4 is 0 Å². The number of carbonyl (C=O) groups excluding carboxylic acids is 2. The van der Waals surface area contributed by atoms with Crippen molar-refractivity contribution in [3.05, 3.63) is 34.4 Å². The summed E-state index contributed by atoms with van der Waals surface area (Å²) < 4.78 is 0. The van der Waals surface area contributed by atoms with Crippen LogP contribution in [-0.2, 0) is 32.4 Å². The van der Waals surface area contributed by atoms with Crippen molar-refractivity contribution in [2.45, 2.75) is 66.2 Å².